The fourth-order valence-corrected chi connectivity index (χ4v) is 2.33. The highest BCUT2D eigenvalue weighted by Gasteiger charge is 2.32. The Labute approximate surface area is 113 Å². The van der Waals surface area contributed by atoms with Crippen molar-refractivity contribution < 1.29 is 9.90 Å². The molecule has 0 aromatic carbocycles. The van der Waals surface area contributed by atoms with Gasteiger partial charge in [-0.2, -0.15) is 0 Å². The molecule has 1 aliphatic rings. The predicted octanol–water partition coefficient (Wildman–Crippen LogP) is 1.66. The number of aromatic nitrogens is 3. The normalized spacial score (nSPS) is 18.5. The van der Waals surface area contributed by atoms with Crippen molar-refractivity contribution in [2.75, 3.05) is 13.1 Å². The zero-order chi connectivity index (χ0) is 14.0. The van der Waals surface area contributed by atoms with Gasteiger partial charge in [0.2, 0.25) is 0 Å². The highest BCUT2D eigenvalue weighted by atomic mass is 16.4. The zero-order valence-electron chi connectivity index (χ0n) is 11.8. The van der Waals surface area contributed by atoms with E-state index in [9.17, 15) is 4.79 Å². The quantitative estimate of drug-likeness (QED) is 0.847. The van der Waals surface area contributed by atoms with Crippen LogP contribution in [-0.2, 0) is 0 Å². The molecule has 1 saturated heterocycles. The molecule has 2 heterocycles. The largest absolute Gasteiger partial charge is 0.476 e. The number of likely N-dealkylation sites (tertiary alicyclic amines) is 1. The van der Waals surface area contributed by atoms with Gasteiger partial charge in [0.05, 0.1) is 12.2 Å². The first-order valence-electron chi connectivity index (χ1n) is 6.86. The van der Waals surface area contributed by atoms with Crippen molar-refractivity contribution in [1.82, 2.24) is 19.9 Å². The molecule has 19 heavy (non-hydrogen) atoms. The molecule has 1 aromatic heterocycles. The topological polar surface area (TPSA) is 71.2 Å². The van der Waals surface area contributed by atoms with Crippen molar-refractivity contribution in [3.63, 3.8) is 0 Å². The number of carbonyl (C=O) groups is 1. The van der Waals surface area contributed by atoms with Crippen LogP contribution in [0.3, 0.4) is 0 Å². The molecular weight excluding hydrogens is 244 g/mol. The summed E-state index contributed by atoms with van der Waals surface area (Å²) in [5.41, 5.74) is 0.0197. The number of rotatable bonds is 6. The van der Waals surface area contributed by atoms with Crippen molar-refractivity contribution in [2.24, 2.45) is 5.92 Å². The van der Waals surface area contributed by atoms with E-state index >= 15 is 0 Å². The van der Waals surface area contributed by atoms with Crippen molar-refractivity contribution >= 4 is 5.97 Å². The maximum atomic E-state index is 10.7. The third-order valence-corrected chi connectivity index (χ3v) is 3.78. The SMILES string of the molecule is CC(C)CCC(C)N1CC(n2cc(C(=O)O)nn2)C1. The van der Waals surface area contributed by atoms with Gasteiger partial charge in [-0.05, 0) is 25.7 Å². The average Bonchev–Trinajstić information content (AvgIpc) is 2.73. The number of hydrogen-bond donors (Lipinski definition) is 1. The van der Waals surface area contributed by atoms with Crippen molar-refractivity contribution in [1.29, 1.82) is 0 Å². The first-order valence-corrected chi connectivity index (χ1v) is 6.86. The van der Waals surface area contributed by atoms with Gasteiger partial charge in [0.1, 0.15) is 0 Å². The van der Waals surface area contributed by atoms with Gasteiger partial charge in [0.25, 0.3) is 0 Å². The van der Waals surface area contributed by atoms with Crippen LogP contribution in [0.2, 0.25) is 0 Å². The Bertz CT molecular complexity index is 438. The third kappa shape index (κ3) is 3.32. The third-order valence-electron chi connectivity index (χ3n) is 3.78. The second-order valence-corrected chi connectivity index (χ2v) is 5.82. The van der Waals surface area contributed by atoms with Gasteiger partial charge >= 0.3 is 5.97 Å². The minimum absolute atomic E-state index is 0.0197. The van der Waals surface area contributed by atoms with E-state index in [-0.39, 0.29) is 11.7 Å². The predicted molar refractivity (Wildman–Crippen MR) is 71.1 cm³/mol. The van der Waals surface area contributed by atoms with Crippen LogP contribution in [0.15, 0.2) is 6.20 Å². The molecule has 1 unspecified atom stereocenters. The summed E-state index contributed by atoms with van der Waals surface area (Å²) >= 11 is 0. The summed E-state index contributed by atoms with van der Waals surface area (Å²) in [6, 6.07) is 0.850. The molecule has 6 heteroatoms. The zero-order valence-corrected chi connectivity index (χ0v) is 11.8. The number of carboxylic acids is 1. The highest BCUT2D eigenvalue weighted by molar-refractivity contribution is 5.84. The van der Waals surface area contributed by atoms with E-state index in [4.69, 9.17) is 5.11 Å². The molecular formula is C13H22N4O2. The minimum Gasteiger partial charge on any atom is -0.476 e. The van der Waals surface area contributed by atoms with Gasteiger partial charge in [-0.1, -0.05) is 19.1 Å². The summed E-state index contributed by atoms with van der Waals surface area (Å²) in [7, 11) is 0. The van der Waals surface area contributed by atoms with Gasteiger partial charge in [-0.3, -0.25) is 4.90 Å². The molecule has 1 N–H and O–H groups in total. The summed E-state index contributed by atoms with van der Waals surface area (Å²) in [6.45, 7) is 8.61. The van der Waals surface area contributed by atoms with Crippen LogP contribution in [0, 0.1) is 5.92 Å². The van der Waals surface area contributed by atoms with Crippen LogP contribution < -0.4 is 0 Å². The fraction of sp³-hybridized carbons (Fsp3) is 0.769. The lowest BCUT2D eigenvalue weighted by Crippen LogP contribution is -2.52. The van der Waals surface area contributed by atoms with E-state index in [1.165, 1.54) is 19.0 Å². The Morgan fingerprint density at radius 1 is 1.42 bits per heavy atom. The number of carboxylic acid groups (broad SMARTS) is 1. The number of nitrogens with zero attached hydrogens (tertiary/aromatic N) is 4. The maximum absolute atomic E-state index is 10.7. The molecule has 1 aromatic rings. The molecule has 0 spiro atoms. The molecule has 1 aliphatic heterocycles. The van der Waals surface area contributed by atoms with Gasteiger partial charge in [0, 0.05) is 19.1 Å². The van der Waals surface area contributed by atoms with Gasteiger partial charge in [-0.15, -0.1) is 5.10 Å². The molecule has 2 rings (SSSR count). The van der Waals surface area contributed by atoms with E-state index in [2.05, 4.69) is 36.0 Å². The fourth-order valence-electron chi connectivity index (χ4n) is 2.33. The van der Waals surface area contributed by atoms with Crippen LogP contribution in [0.1, 0.15) is 50.1 Å². The standard InChI is InChI=1S/C13H22N4O2/c1-9(2)4-5-10(3)16-6-11(7-16)17-8-12(13(18)19)14-15-17/h8-11H,4-7H2,1-3H3,(H,18,19). The Morgan fingerprint density at radius 3 is 2.63 bits per heavy atom. The van der Waals surface area contributed by atoms with E-state index in [1.807, 2.05) is 0 Å². The Morgan fingerprint density at radius 2 is 2.11 bits per heavy atom. The minimum atomic E-state index is -1.02. The highest BCUT2D eigenvalue weighted by Crippen LogP contribution is 2.25. The molecule has 6 nitrogen and oxygen atoms in total. The van der Waals surface area contributed by atoms with E-state index < -0.39 is 5.97 Å². The number of hydrogen-bond acceptors (Lipinski definition) is 4. The number of aromatic carboxylic acids is 1. The lowest BCUT2D eigenvalue weighted by atomic mass is 9.99. The molecule has 106 valence electrons. The van der Waals surface area contributed by atoms with Crippen LogP contribution >= 0.6 is 0 Å². The van der Waals surface area contributed by atoms with Crippen LogP contribution in [0.5, 0.6) is 0 Å². The first kappa shape index (κ1) is 14.0. The smallest absolute Gasteiger partial charge is 0.358 e. The average molecular weight is 266 g/mol. The van der Waals surface area contributed by atoms with Gasteiger partial charge in [-0.25, -0.2) is 9.48 Å². The van der Waals surface area contributed by atoms with Crippen molar-refractivity contribution in [2.45, 2.75) is 45.7 Å². The molecule has 0 radical (unpaired) electrons. The van der Waals surface area contributed by atoms with E-state index in [0.29, 0.717) is 6.04 Å². The molecule has 0 amide bonds. The second kappa shape index (κ2) is 5.69. The summed E-state index contributed by atoms with van der Waals surface area (Å²) in [4.78, 5) is 13.2. The monoisotopic (exact) mass is 266 g/mol. The van der Waals surface area contributed by atoms with E-state index in [0.717, 1.165) is 19.0 Å². The Hall–Kier alpha value is -1.43. The summed E-state index contributed by atoms with van der Waals surface area (Å²) < 4.78 is 1.68. The van der Waals surface area contributed by atoms with Crippen LogP contribution in [0.25, 0.3) is 0 Å². The molecule has 0 bridgehead atoms. The summed E-state index contributed by atoms with van der Waals surface area (Å²) in [6.07, 6.45) is 3.97. The summed E-state index contributed by atoms with van der Waals surface area (Å²) in [5, 5.41) is 16.3. The first-order chi connectivity index (χ1) is 8.97. The van der Waals surface area contributed by atoms with Gasteiger partial charge in [0.15, 0.2) is 5.69 Å². The second-order valence-electron chi connectivity index (χ2n) is 5.82. The van der Waals surface area contributed by atoms with Crippen LogP contribution in [0.4, 0.5) is 0 Å². The van der Waals surface area contributed by atoms with Gasteiger partial charge < -0.3 is 5.11 Å². The lowest BCUT2D eigenvalue weighted by Gasteiger charge is -2.43. The maximum Gasteiger partial charge on any atom is 0.358 e. The van der Waals surface area contributed by atoms with Crippen LogP contribution in [-0.4, -0.2) is 50.1 Å². The summed E-state index contributed by atoms with van der Waals surface area (Å²) in [5.74, 6) is -0.277. The lowest BCUT2D eigenvalue weighted by molar-refractivity contribution is 0.0532. The Kier molecular flexibility index (Phi) is 4.19. The molecule has 0 aliphatic carbocycles. The Balaban J connectivity index is 1.80. The van der Waals surface area contributed by atoms with Crippen molar-refractivity contribution in [3.05, 3.63) is 11.9 Å². The molecule has 0 saturated carbocycles. The molecule has 1 atom stereocenters. The van der Waals surface area contributed by atoms with Crippen molar-refractivity contribution in [3.8, 4) is 0 Å². The molecule has 1 fully saturated rings. The van der Waals surface area contributed by atoms with E-state index in [1.54, 1.807) is 4.68 Å².